The minimum absolute atomic E-state index is 0.0929. The van der Waals surface area contributed by atoms with Crippen molar-refractivity contribution in [3.63, 3.8) is 0 Å². The van der Waals surface area contributed by atoms with Crippen LogP contribution in [-0.4, -0.2) is 12.7 Å². The molecule has 0 saturated carbocycles. The van der Waals surface area contributed by atoms with Gasteiger partial charge in [-0.15, -0.1) is 6.58 Å². The van der Waals surface area contributed by atoms with E-state index in [0.29, 0.717) is 12.2 Å². The summed E-state index contributed by atoms with van der Waals surface area (Å²) in [6.45, 7) is 6.36. The molecule has 1 aliphatic rings. The van der Waals surface area contributed by atoms with Crippen molar-refractivity contribution in [1.82, 2.24) is 0 Å². The highest BCUT2D eigenvalue weighted by molar-refractivity contribution is 5.71. The molecule has 2 heteroatoms. The molecule has 0 aliphatic heterocycles. The van der Waals surface area contributed by atoms with Gasteiger partial charge in [0, 0.05) is 5.41 Å². The van der Waals surface area contributed by atoms with Crippen molar-refractivity contribution in [2.45, 2.75) is 18.4 Å². The van der Waals surface area contributed by atoms with Crippen LogP contribution in [-0.2, 0) is 10.2 Å². The number of allylic oxidation sites excluding steroid dienone is 2. The molecule has 2 aromatic carbocycles. The van der Waals surface area contributed by atoms with Crippen molar-refractivity contribution in [2.75, 3.05) is 6.61 Å². The van der Waals surface area contributed by atoms with Gasteiger partial charge >= 0.3 is 0 Å². The second-order valence-corrected chi connectivity index (χ2v) is 6.31. The van der Waals surface area contributed by atoms with Gasteiger partial charge in [0.2, 0.25) is 0 Å². The van der Waals surface area contributed by atoms with Gasteiger partial charge in [0.1, 0.15) is 0 Å². The van der Waals surface area contributed by atoms with E-state index in [4.69, 9.17) is 4.74 Å². The zero-order valence-electron chi connectivity index (χ0n) is 14.4. The lowest BCUT2D eigenvalue weighted by Crippen LogP contribution is -2.37. The van der Waals surface area contributed by atoms with Crippen LogP contribution in [0.5, 0.6) is 0 Å². The lowest BCUT2D eigenvalue weighted by Gasteiger charge is -2.35. The molecule has 3 rings (SSSR count). The summed E-state index contributed by atoms with van der Waals surface area (Å²) < 4.78 is 5.95. The van der Waals surface area contributed by atoms with Crippen LogP contribution in [0.25, 0.3) is 11.1 Å². The van der Waals surface area contributed by atoms with Crippen molar-refractivity contribution < 1.29 is 4.74 Å². The van der Waals surface area contributed by atoms with Crippen molar-refractivity contribution >= 4 is 0 Å². The molecule has 25 heavy (non-hydrogen) atoms. The molecule has 0 spiro atoms. The zero-order chi connectivity index (χ0) is 17.7. The number of nitrogens with zero attached hydrogens (tertiary/aromatic N) is 1. The summed E-state index contributed by atoms with van der Waals surface area (Å²) >= 11 is 0. The Bertz CT molecular complexity index is 857. The Morgan fingerprint density at radius 1 is 1.20 bits per heavy atom. The Kier molecular flexibility index (Phi) is 4.97. The molecule has 0 amide bonds. The predicted octanol–water partition coefficient (Wildman–Crippen LogP) is 5.18. The third-order valence-corrected chi connectivity index (χ3v) is 4.67. The number of rotatable bonds is 5. The van der Waals surface area contributed by atoms with E-state index in [1.54, 1.807) is 6.08 Å². The Labute approximate surface area is 149 Å². The van der Waals surface area contributed by atoms with Crippen LogP contribution in [0.1, 0.15) is 18.1 Å². The van der Waals surface area contributed by atoms with Gasteiger partial charge in [-0.05, 0) is 29.7 Å². The van der Waals surface area contributed by atoms with Gasteiger partial charge in [0.15, 0.2) is 0 Å². The third-order valence-electron chi connectivity index (χ3n) is 4.67. The van der Waals surface area contributed by atoms with Crippen LogP contribution in [0.4, 0.5) is 0 Å². The second-order valence-electron chi connectivity index (χ2n) is 6.31. The van der Waals surface area contributed by atoms with Crippen LogP contribution in [0.3, 0.4) is 0 Å². The van der Waals surface area contributed by atoms with Crippen molar-refractivity contribution in [3.8, 4) is 17.2 Å². The van der Waals surface area contributed by atoms with E-state index in [1.807, 2.05) is 54.6 Å². The lowest BCUT2D eigenvalue weighted by molar-refractivity contribution is 0.0675. The summed E-state index contributed by atoms with van der Waals surface area (Å²) in [5, 5.41) is 9.67. The van der Waals surface area contributed by atoms with E-state index in [0.717, 1.165) is 16.7 Å². The maximum Gasteiger partial charge on any atom is 0.0998 e. The van der Waals surface area contributed by atoms with Crippen LogP contribution >= 0.6 is 0 Å². The molecule has 0 saturated heterocycles. The first kappa shape index (κ1) is 17.0. The second kappa shape index (κ2) is 7.34. The molecule has 0 radical (unpaired) electrons. The quantitative estimate of drug-likeness (QED) is 0.709. The fraction of sp³-hybridized carbons (Fsp3) is 0.174. The van der Waals surface area contributed by atoms with E-state index in [9.17, 15) is 5.26 Å². The summed E-state index contributed by atoms with van der Waals surface area (Å²) in [5.74, 6) is 0. The molecule has 0 bridgehead atoms. The summed E-state index contributed by atoms with van der Waals surface area (Å²) in [6.07, 6.45) is 9.89. The van der Waals surface area contributed by atoms with Crippen LogP contribution < -0.4 is 0 Å². The maximum atomic E-state index is 9.67. The largest absolute Gasteiger partial charge is 0.369 e. The van der Waals surface area contributed by atoms with Gasteiger partial charge in [-0.3, -0.25) is 0 Å². The fourth-order valence-corrected chi connectivity index (χ4v) is 3.22. The molecular weight excluding hydrogens is 306 g/mol. The highest BCUT2D eigenvalue weighted by Crippen LogP contribution is 2.36. The highest BCUT2D eigenvalue weighted by atomic mass is 16.5. The first-order valence-corrected chi connectivity index (χ1v) is 8.37. The molecule has 2 nitrogen and oxygen atoms in total. The number of benzene rings is 2. The Morgan fingerprint density at radius 2 is 2.00 bits per heavy atom. The van der Waals surface area contributed by atoms with E-state index in [1.165, 1.54) is 0 Å². The van der Waals surface area contributed by atoms with E-state index < -0.39 is 0 Å². The normalized spacial score (nSPS) is 21.7. The minimum Gasteiger partial charge on any atom is -0.369 e. The Hall–Kier alpha value is -2.89. The fourth-order valence-electron chi connectivity index (χ4n) is 3.22. The molecule has 124 valence electrons. The number of nitriles is 1. The van der Waals surface area contributed by atoms with Gasteiger partial charge < -0.3 is 4.74 Å². The smallest absolute Gasteiger partial charge is 0.0998 e. The molecule has 2 aromatic rings. The average molecular weight is 327 g/mol. The van der Waals surface area contributed by atoms with Gasteiger partial charge in [0.25, 0.3) is 0 Å². The topological polar surface area (TPSA) is 33.0 Å². The molecule has 0 fully saturated rings. The van der Waals surface area contributed by atoms with Gasteiger partial charge in [-0.25, -0.2) is 0 Å². The summed E-state index contributed by atoms with van der Waals surface area (Å²) in [5.41, 5.74) is 3.43. The van der Waals surface area contributed by atoms with E-state index >= 15 is 0 Å². The molecule has 0 heterocycles. The lowest BCUT2D eigenvalue weighted by atomic mass is 9.74. The summed E-state index contributed by atoms with van der Waals surface area (Å²) in [6, 6.07) is 18.5. The van der Waals surface area contributed by atoms with Crippen LogP contribution in [0.15, 0.2) is 85.5 Å². The Morgan fingerprint density at radius 3 is 2.72 bits per heavy atom. The van der Waals surface area contributed by atoms with E-state index in [-0.39, 0.29) is 11.5 Å². The summed E-state index contributed by atoms with van der Waals surface area (Å²) in [4.78, 5) is 0. The Balaban J connectivity index is 2.03. The van der Waals surface area contributed by atoms with Gasteiger partial charge in [-0.1, -0.05) is 72.8 Å². The molecule has 2 unspecified atom stereocenters. The first-order valence-electron chi connectivity index (χ1n) is 8.37. The van der Waals surface area contributed by atoms with Crippen LogP contribution in [0, 0.1) is 11.3 Å². The zero-order valence-corrected chi connectivity index (χ0v) is 14.4. The number of hydrogen-bond acceptors (Lipinski definition) is 2. The van der Waals surface area contributed by atoms with E-state index in [2.05, 4.69) is 37.8 Å². The first-order chi connectivity index (χ1) is 12.2. The average Bonchev–Trinajstić information content (AvgIpc) is 2.67. The minimum atomic E-state index is -0.321. The van der Waals surface area contributed by atoms with Crippen molar-refractivity contribution in [2.24, 2.45) is 0 Å². The van der Waals surface area contributed by atoms with Crippen molar-refractivity contribution in [1.29, 1.82) is 5.26 Å². The third kappa shape index (κ3) is 3.33. The van der Waals surface area contributed by atoms with Crippen molar-refractivity contribution in [3.05, 3.63) is 96.6 Å². The number of ether oxygens (including phenoxy) is 1. The predicted molar refractivity (Wildman–Crippen MR) is 102 cm³/mol. The maximum absolute atomic E-state index is 9.67. The molecule has 1 aliphatic carbocycles. The highest BCUT2D eigenvalue weighted by Gasteiger charge is 2.34. The molecular formula is C23H21NO. The SMILES string of the molecule is C=CCOC1C=CC=CC1(C)c1ccc(-c2ccccc2)c(C#N)c1. The molecule has 0 aromatic heterocycles. The molecule has 0 N–H and O–H groups in total. The monoisotopic (exact) mass is 327 g/mol. The number of hydrogen-bond donors (Lipinski definition) is 0. The van der Waals surface area contributed by atoms with Gasteiger partial charge in [-0.2, -0.15) is 5.26 Å². The van der Waals surface area contributed by atoms with Gasteiger partial charge in [0.05, 0.1) is 24.3 Å². The van der Waals surface area contributed by atoms with Crippen LogP contribution in [0.2, 0.25) is 0 Å². The summed E-state index contributed by atoms with van der Waals surface area (Å²) in [7, 11) is 0. The standard InChI is InChI=1S/C23H21NO/c1-3-15-25-22-11-7-8-14-23(22,2)20-12-13-21(19(16-20)17-24)18-9-5-4-6-10-18/h3-14,16,22H,1,15H2,2H3. The molecule has 2 atom stereocenters.